The second-order valence-electron chi connectivity index (χ2n) is 2.35. The molecule has 1 rings (SSSR count). The summed E-state index contributed by atoms with van der Waals surface area (Å²) in [4.78, 5) is 21.6. The van der Waals surface area contributed by atoms with E-state index in [1.165, 1.54) is 18.2 Å². The van der Waals surface area contributed by atoms with Crippen LogP contribution in [0.3, 0.4) is 0 Å². The zero-order chi connectivity index (χ0) is 10.0. The highest BCUT2D eigenvalue weighted by Gasteiger charge is 2.13. The summed E-state index contributed by atoms with van der Waals surface area (Å²) in [6.45, 7) is 0. The maximum atomic E-state index is 10.8. The van der Waals surface area contributed by atoms with E-state index in [9.17, 15) is 9.59 Å². The largest absolute Gasteiger partial charge is 0.399 e. The van der Waals surface area contributed by atoms with E-state index in [4.69, 9.17) is 28.9 Å². The molecule has 0 spiro atoms. The van der Waals surface area contributed by atoms with Gasteiger partial charge in [-0.05, 0) is 41.4 Å². The summed E-state index contributed by atoms with van der Waals surface area (Å²) < 4.78 is 0. The topological polar surface area (TPSA) is 60.2 Å². The van der Waals surface area contributed by atoms with E-state index in [2.05, 4.69) is 0 Å². The van der Waals surface area contributed by atoms with Crippen molar-refractivity contribution >= 4 is 39.4 Å². The van der Waals surface area contributed by atoms with Gasteiger partial charge in [-0.15, -0.1) is 0 Å². The summed E-state index contributed by atoms with van der Waals surface area (Å²) in [5.41, 5.74) is 5.85. The van der Waals surface area contributed by atoms with Gasteiger partial charge in [0.25, 0.3) is 10.5 Å². The molecule has 0 aliphatic rings. The number of nitrogens with two attached hydrogens (primary N) is 1. The molecule has 0 radical (unpaired) electrons. The Labute approximate surface area is 84.4 Å². The van der Waals surface area contributed by atoms with Crippen molar-refractivity contribution in [2.45, 2.75) is 0 Å². The molecule has 0 saturated carbocycles. The quantitative estimate of drug-likeness (QED) is 0.610. The van der Waals surface area contributed by atoms with Crippen molar-refractivity contribution < 1.29 is 9.59 Å². The summed E-state index contributed by atoms with van der Waals surface area (Å²) in [7, 11) is 0. The summed E-state index contributed by atoms with van der Waals surface area (Å²) in [5.74, 6) is 0. The molecule has 2 N–H and O–H groups in total. The van der Waals surface area contributed by atoms with Crippen molar-refractivity contribution in [3.05, 3.63) is 29.3 Å². The molecule has 3 nitrogen and oxygen atoms in total. The number of rotatable bonds is 2. The van der Waals surface area contributed by atoms with Gasteiger partial charge in [0, 0.05) is 16.8 Å². The lowest BCUT2D eigenvalue weighted by atomic mass is 10.1. The first-order chi connectivity index (χ1) is 6.02. The van der Waals surface area contributed by atoms with Crippen molar-refractivity contribution in [2.24, 2.45) is 0 Å². The van der Waals surface area contributed by atoms with Crippen LogP contribution >= 0.6 is 23.2 Å². The zero-order valence-corrected chi connectivity index (χ0v) is 7.89. The predicted molar refractivity (Wildman–Crippen MR) is 51.2 cm³/mol. The zero-order valence-electron chi connectivity index (χ0n) is 6.38. The molecule has 0 aliphatic carbocycles. The van der Waals surface area contributed by atoms with Gasteiger partial charge in [0.05, 0.1) is 0 Å². The van der Waals surface area contributed by atoms with Crippen molar-refractivity contribution in [1.29, 1.82) is 0 Å². The second-order valence-corrected chi connectivity index (χ2v) is 3.04. The highest BCUT2D eigenvalue weighted by atomic mass is 35.5. The van der Waals surface area contributed by atoms with Gasteiger partial charge in [0.15, 0.2) is 0 Å². The molecule has 0 heterocycles. The Hall–Kier alpha value is -1.06. The first kappa shape index (κ1) is 10.0. The Bertz CT molecular complexity index is 376. The van der Waals surface area contributed by atoms with Crippen LogP contribution in [0.15, 0.2) is 18.2 Å². The SMILES string of the molecule is Nc1ccc(C(=O)Cl)c(C(=O)Cl)c1. The molecule has 5 heteroatoms. The van der Waals surface area contributed by atoms with E-state index in [0.29, 0.717) is 5.69 Å². The number of anilines is 1. The molecule has 0 fully saturated rings. The number of hydrogen-bond acceptors (Lipinski definition) is 3. The van der Waals surface area contributed by atoms with Gasteiger partial charge in [-0.25, -0.2) is 0 Å². The summed E-state index contributed by atoms with van der Waals surface area (Å²) in [6, 6.07) is 4.14. The second kappa shape index (κ2) is 3.77. The van der Waals surface area contributed by atoms with Gasteiger partial charge in [-0.1, -0.05) is 0 Å². The van der Waals surface area contributed by atoms with Crippen LogP contribution in [-0.2, 0) is 0 Å². The number of nitrogen functional groups attached to an aromatic ring is 1. The summed E-state index contributed by atoms with van der Waals surface area (Å²) in [6.07, 6.45) is 0. The first-order valence-electron chi connectivity index (χ1n) is 3.31. The molecule has 0 unspecified atom stereocenters. The molecule has 0 aliphatic heterocycles. The number of benzene rings is 1. The highest BCUT2D eigenvalue weighted by Crippen LogP contribution is 2.17. The third kappa shape index (κ3) is 2.20. The van der Waals surface area contributed by atoms with Gasteiger partial charge >= 0.3 is 0 Å². The fourth-order valence-electron chi connectivity index (χ4n) is 0.896. The van der Waals surface area contributed by atoms with Crippen molar-refractivity contribution in [1.82, 2.24) is 0 Å². The average Bonchev–Trinajstić information content (AvgIpc) is 2.03. The Morgan fingerprint density at radius 2 is 1.62 bits per heavy atom. The highest BCUT2D eigenvalue weighted by molar-refractivity contribution is 6.72. The minimum Gasteiger partial charge on any atom is -0.399 e. The third-order valence-corrected chi connectivity index (χ3v) is 1.87. The van der Waals surface area contributed by atoms with E-state index in [1.807, 2.05) is 0 Å². The molecule has 0 saturated heterocycles. The molecule has 0 bridgehead atoms. The van der Waals surface area contributed by atoms with Gasteiger partial charge in [-0.2, -0.15) is 0 Å². The normalized spacial score (nSPS) is 9.69. The van der Waals surface area contributed by atoms with Gasteiger partial charge < -0.3 is 5.73 Å². The molecule has 1 aromatic rings. The van der Waals surface area contributed by atoms with Crippen molar-refractivity contribution in [3.8, 4) is 0 Å². The van der Waals surface area contributed by atoms with E-state index >= 15 is 0 Å². The molecular formula is C8H5Cl2NO2. The van der Waals surface area contributed by atoms with Gasteiger partial charge in [-0.3, -0.25) is 9.59 Å². The van der Waals surface area contributed by atoms with Crippen LogP contribution in [0.25, 0.3) is 0 Å². The maximum absolute atomic E-state index is 10.8. The standard InChI is InChI=1S/C8H5Cl2NO2/c9-7(12)5-2-1-4(11)3-6(5)8(10)13/h1-3H,11H2. The molecule has 68 valence electrons. The smallest absolute Gasteiger partial charge is 0.253 e. The van der Waals surface area contributed by atoms with Crippen LogP contribution in [0.4, 0.5) is 5.69 Å². The van der Waals surface area contributed by atoms with E-state index in [1.54, 1.807) is 0 Å². The molecule has 0 aromatic heterocycles. The Kier molecular flexibility index (Phi) is 2.90. The fraction of sp³-hybridized carbons (Fsp3) is 0. The van der Waals surface area contributed by atoms with Crippen LogP contribution in [0, 0.1) is 0 Å². The lowest BCUT2D eigenvalue weighted by molar-refractivity contribution is 0.105. The number of carbonyl (C=O) groups is 2. The Morgan fingerprint density at radius 1 is 1.08 bits per heavy atom. The van der Waals surface area contributed by atoms with Gasteiger partial charge in [0.2, 0.25) is 0 Å². The lowest BCUT2D eigenvalue weighted by Gasteiger charge is -2.01. The van der Waals surface area contributed by atoms with Gasteiger partial charge in [0.1, 0.15) is 0 Å². The van der Waals surface area contributed by atoms with Crippen molar-refractivity contribution in [3.63, 3.8) is 0 Å². The molecule has 0 atom stereocenters. The molecule has 13 heavy (non-hydrogen) atoms. The minimum absolute atomic E-state index is 0.0293. The average molecular weight is 218 g/mol. The predicted octanol–water partition coefficient (Wildman–Crippen LogP) is 2.03. The van der Waals surface area contributed by atoms with Crippen LogP contribution in [-0.4, -0.2) is 10.5 Å². The lowest BCUT2D eigenvalue weighted by Crippen LogP contribution is -2.01. The monoisotopic (exact) mass is 217 g/mol. The number of halogens is 2. The third-order valence-electron chi connectivity index (χ3n) is 1.47. The Balaban J connectivity index is 3.35. The van der Waals surface area contributed by atoms with Crippen LogP contribution in [0.2, 0.25) is 0 Å². The van der Waals surface area contributed by atoms with E-state index < -0.39 is 10.5 Å². The molecular weight excluding hydrogens is 213 g/mol. The van der Waals surface area contributed by atoms with Crippen LogP contribution in [0.1, 0.15) is 20.7 Å². The molecule has 0 amide bonds. The summed E-state index contributed by atoms with van der Waals surface area (Å²) in [5, 5.41) is -1.49. The molecule has 1 aromatic carbocycles. The summed E-state index contributed by atoms with van der Waals surface area (Å²) >= 11 is 10.4. The number of hydrogen-bond donors (Lipinski definition) is 1. The van der Waals surface area contributed by atoms with E-state index in [0.717, 1.165) is 0 Å². The fourth-order valence-corrected chi connectivity index (χ4v) is 1.22. The first-order valence-corrected chi connectivity index (χ1v) is 4.07. The van der Waals surface area contributed by atoms with Crippen LogP contribution < -0.4 is 5.73 Å². The number of carbonyl (C=O) groups excluding carboxylic acids is 2. The van der Waals surface area contributed by atoms with Crippen LogP contribution in [0.5, 0.6) is 0 Å². The van der Waals surface area contributed by atoms with Crippen molar-refractivity contribution in [2.75, 3.05) is 5.73 Å². The maximum Gasteiger partial charge on any atom is 0.253 e. The minimum atomic E-state index is -0.753. The Morgan fingerprint density at radius 3 is 2.08 bits per heavy atom. The van der Waals surface area contributed by atoms with E-state index in [-0.39, 0.29) is 11.1 Å².